The number of rotatable bonds is 8. The van der Waals surface area contributed by atoms with Crippen LogP contribution in [0.1, 0.15) is 5.56 Å². The highest BCUT2D eigenvalue weighted by Gasteiger charge is 2.21. The van der Waals surface area contributed by atoms with Crippen LogP contribution >= 0.6 is 0 Å². The van der Waals surface area contributed by atoms with E-state index in [0.717, 1.165) is 0 Å². The SMILES string of the molecule is CO[N]c1cc(C)c(S(=O)(=O)CCOS(=O)(=O)O)cc1OC. The van der Waals surface area contributed by atoms with Gasteiger partial charge in [0.05, 0.1) is 31.5 Å². The molecule has 1 aromatic carbocycles. The Bertz CT molecular complexity index is 727. The Morgan fingerprint density at radius 2 is 1.82 bits per heavy atom. The second kappa shape index (κ2) is 7.24. The molecule has 1 aromatic rings. The predicted octanol–water partition coefficient (Wildman–Crippen LogP) is 0.394. The number of hydrogen-bond donors (Lipinski definition) is 1. The molecule has 0 atom stereocenters. The Kier molecular flexibility index (Phi) is 6.14. The van der Waals surface area contributed by atoms with Crippen LogP contribution in [-0.4, -0.2) is 48.0 Å². The zero-order valence-electron chi connectivity index (χ0n) is 12.1. The molecule has 22 heavy (non-hydrogen) atoms. The van der Waals surface area contributed by atoms with Crippen molar-refractivity contribution in [3.63, 3.8) is 0 Å². The van der Waals surface area contributed by atoms with Gasteiger partial charge in [-0.15, -0.1) is 5.48 Å². The van der Waals surface area contributed by atoms with Crippen LogP contribution < -0.4 is 10.2 Å². The average molecular weight is 354 g/mol. The number of nitrogens with zero attached hydrogens (tertiary/aromatic N) is 1. The quantitative estimate of drug-likeness (QED) is 0.524. The van der Waals surface area contributed by atoms with Crippen molar-refractivity contribution in [1.82, 2.24) is 5.48 Å². The van der Waals surface area contributed by atoms with Gasteiger partial charge in [0.25, 0.3) is 0 Å². The molecule has 0 saturated heterocycles. The fourth-order valence-electron chi connectivity index (χ4n) is 1.68. The summed E-state index contributed by atoms with van der Waals surface area (Å²) in [7, 11) is -5.84. The van der Waals surface area contributed by atoms with Crippen LogP contribution in [-0.2, 0) is 29.3 Å². The highest BCUT2D eigenvalue weighted by Crippen LogP contribution is 2.31. The van der Waals surface area contributed by atoms with E-state index in [1.165, 1.54) is 26.4 Å². The van der Waals surface area contributed by atoms with Gasteiger partial charge in [0.2, 0.25) is 0 Å². The van der Waals surface area contributed by atoms with Gasteiger partial charge < -0.3 is 4.74 Å². The lowest BCUT2D eigenvalue weighted by Gasteiger charge is -2.12. The zero-order chi connectivity index (χ0) is 17.0. The molecule has 1 N–H and O–H groups in total. The molecule has 0 aliphatic rings. The van der Waals surface area contributed by atoms with E-state index in [4.69, 9.17) is 9.29 Å². The van der Waals surface area contributed by atoms with Crippen molar-refractivity contribution < 1.29 is 35.1 Å². The first kappa shape index (κ1) is 18.6. The van der Waals surface area contributed by atoms with Crippen molar-refractivity contribution >= 4 is 25.9 Å². The highest BCUT2D eigenvalue weighted by molar-refractivity contribution is 7.91. The largest absolute Gasteiger partial charge is 0.494 e. The van der Waals surface area contributed by atoms with E-state index in [0.29, 0.717) is 11.3 Å². The van der Waals surface area contributed by atoms with Crippen molar-refractivity contribution in [3.8, 4) is 5.75 Å². The van der Waals surface area contributed by atoms with Crippen LogP contribution in [0.5, 0.6) is 5.75 Å². The van der Waals surface area contributed by atoms with E-state index < -0.39 is 32.6 Å². The van der Waals surface area contributed by atoms with E-state index in [2.05, 4.69) is 14.5 Å². The van der Waals surface area contributed by atoms with Gasteiger partial charge in [-0.3, -0.25) is 9.39 Å². The van der Waals surface area contributed by atoms with Crippen LogP contribution in [0.25, 0.3) is 0 Å². The molecule has 0 bridgehead atoms. The molecular formula is C11H16NO8S2. The van der Waals surface area contributed by atoms with Crippen LogP contribution in [0.3, 0.4) is 0 Å². The standard InChI is InChI=1S/C11H16NO8S2/c1-8-6-9(12-19-3)10(18-2)7-11(8)21(13,14)5-4-20-22(15,16)17/h6-7H,4-5H2,1-3H3,(H,15,16,17). The van der Waals surface area contributed by atoms with Gasteiger partial charge in [-0.1, -0.05) is 0 Å². The molecule has 9 nitrogen and oxygen atoms in total. The smallest absolute Gasteiger partial charge is 0.397 e. The van der Waals surface area contributed by atoms with Crippen LogP contribution in [0, 0.1) is 6.92 Å². The van der Waals surface area contributed by atoms with E-state index in [1.807, 2.05) is 0 Å². The average Bonchev–Trinajstić information content (AvgIpc) is 2.37. The Hall–Kier alpha value is -1.40. The summed E-state index contributed by atoms with van der Waals surface area (Å²) < 4.78 is 62.8. The third kappa shape index (κ3) is 5.10. The Balaban J connectivity index is 3.09. The molecule has 11 heteroatoms. The maximum absolute atomic E-state index is 12.2. The summed E-state index contributed by atoms with van der Waals surface area (Å²) >= 11 is 0. The number of sulfone groups is 1. The monoisotopic (exact) mass is 354 g/mol. The molecule has 1 rings (SSSR count). The maximum atomic E-state index is 12.2. The molecule has 0 spiro atoms. The van der Waals surface area contributed by atoms with Crippen LogP contribution in [0.2, 0.25) is 0 Å². The number of ether oxygens (including phenoxy) is 1. The normalized spacial score (nSPS) is 12.2. The Morgan fingerprint density at radius 1 is 1.18 bits per heavy atom. The number of hydrogen-bond acceptors (Lipinski definition) is 7. The number of aryl methyl sites for hydroxylation is 1. The van der Waals surface area contributed by atoms with Crippen molar-refractivity contribution in [1.29, 1.82) is 0 Å². The minimum atomic E-state index is -4.69. The lowest BCUT2D eigenvalue weighted by Crippen LogP contribution is -2.16. The molecule has 0 unspecified atom stereocenters. The zero-order valence-corrected chi connectivity index (χ0v) is 13.8. The molecule has 125 valence electrons. The molecule has 0 heterocycles. The van der Waals surface area contributed by atoms with Crippen molar-refractivity contribution in [2.24, 2.45) is 0 Å². The van der Waals surface area contributed by atoms with Gasteiger partial charge in [0.1, 0.15) is 11.4 Å². The summed E-state index contributed by atoms with van der Waals surface area (Å²) in [6.07, 6.45) is 0. The lowest BCUT2D eigenvalue weighted by molar-refractivity contribution is 0.123. The molecule has 0 amide bonds. The second-order valence-corrected chi connectivity index (χ2v) is 7.30. The molecule has 0 aromatic heterocycles. The fourth-order valence-corrected chi connectivity index (χ4v) is 3.44. The second-order valence-electron chi connectivity index (χ2n) is 4.13. The van der Waals surface area contributed by atoms with E-state index >= 15 is 0 Å². The van der Waals surface area contributed by atoms with Gasteiger partial charge in [-0.2, -0.15) is 8.42 Å². The molecule has 1 radical (unpaired) electrons. The first-order valence-corrected chi connectivity index (χ1v) is 8.90. The topological polar surface area (TPSA) is 130 Å². The van der Waals surface area contributed by atoms with Crippen LogP contribution in [0.15, 0.2) is 17.0 Å². The lowest BCUT2D eigenvalue weighted by atomic mass is 10.2. The van der Waals surface area contributed by atoms with Crippen LogP contribution in [0.4, 0.5) is 5.69 Å². The summed E-state index contributed by atoms with van der Waals surface area (Å²) in [5.41, 5.74) is 4.39. The number of benzene rings is 1. The predicted molar refractivity (Wildman–Crippen MR) is 76.1 cm³/mol. The van der Waals surface area contributed by atoms with Gasteiger partial charge >= 0.3 is 10.4 Å². The third-order valence-electron chi connectivity index (χ3n) is 2.59. The van der Waals surface area contributed by atoms with Crippen molar-refractivity contribution in [2.75, 3.05) is 26.6 Å². The molecule has 0 aliphatic carbocycles. The minimum absolute atomic E-state index is 0.0571. The van der Waals surface area contributed by atoms with Gasteiger partial charge in [0, 0.05) is 6.07 Å². The van der Waals surface area contributed by atoms with Gasteiger partial charge in [0.15, 0.2) is 9.84 Å². The Labute approximate surface area is 129 Å². The third-order valence-corrected chi connectivity index (χ3v) is 4.86. The summed E-state index contributed by atoms with van der Waals surface area (Å²) in [4.78, 5) is 4.58. The van der Waals surface area contributed by atoms with Gasteiger partial charge in [-0.05, 0) is 18.6 Å². The van der Waals surface area contributed by atoms with E-state index in [-0.39, 0.29) is 10.6 Å². The van der Waals surface area contributed by atoms with Crippen molar-refractivity contribution in [3.05, 3.63) is 17.7 Å². The summed E-state index contributed by atoms with van der Waals surface area (Å²) in [5.74, 6) is -0.445. The Morgan fingerprint density at radius 3 is 2.32 bits per heavy atom. The summed E-state index contributed by atoms with van der Waals surface area (Å²) in [6.45, 7) is 0.845. The molecular weight excluding hydrogens is 338 g/mol. The van der Waals surface area contributed by atoms with E-state index in [9.17, 15) is 16.8 Å². The number of methoxy groups -OCH3 is 1. The minimum Gasteiger partial charge on any atom is -0.494 e. The molecule has 0 aliphatic heterocycles. The highest BCUT2D eigenvalue weighted by atomic mass is 32.3. The van der Waals surface area contributed by atoms with Gasteiger partial charge in [-0.25, -0.2) is 12.6 Å². The first-order valence-electron chi connectivity index (χ1n) is 5.88. The molecule has 0 saturated carbocycles. The summed E-state index contributed by atoms with van der Waals surface area (Å²) in [6, 6.07) is 2.72. The van der Waals surface area contributed by atoms with Crippen molar-refractivity contribution in [2.45, 2.75) is 11.8 Å². The maximum Gasteiger partial charge on any atom is 0.397 e. The molecule has 0 fully saturated rings. The van der Waals surface area contributed by atoms with E-state index in [1.54, 1.807) is 6.92 Å². The summed E-state index contributed by atoms with van der Waals surface area (Å²) in [5, 5.41) is 0. The first-order chi connectivity index (χ1) is 10.1. The fraction of sp³-hybridized carbons (Fsp3) is 0.455.